The molecule has 1 amide bonds. The SMILES string of the molecule is Cc1nc(C2CCCCN2C(=O)c2ccc(O)c(Cl)c2)n[nH]1. The summed E-state index contributed by atoms with van der Waals surface area (Å²) in [5.41, 5.74) is 0.460. The van der Waals surface area contributed by atoms with Crippen molar-refractivity contribution in [3.8, 4) is 5.75 Å². The van der Waals surface area contributed by atoms with Gasteiger partial charge in [0.15, 0.2) is 5.82 Å². The van der Waals surface area contributed by atoms with Crippen molar-refractivity contribution in [3.63, 3.8) is 0 Å². The highest BCUT2D eigenvalue weighted by molar-refractivity contribution is 6.32. The molecule has 0 bridgehead atoms. The fraction of sp³-hybridized carbons (Fsp3) is 0.400. The summed E-state index contributed by atoms with van der Waals surface area (Å²) in [6.07, 6.45) is 2.84. The minimum absolute atomic E-state index is 0.0296. The van der Waals surface area contributed by atoms with Crippen molar-refractivity contribution in [1.82, 2.24) is 20.1 Å². The summed E-state index contributed by atoms with van der Waals surface area (Å²) in [6, 6.07) is 4.39. The Morgan fingerprint density at radius 2 is 2.27 bits per heavy atom. The van der Waals surface area contributed by atoms with Gasteiger partial charge in [-0.05, 0) is 44.4 Å². The molecule has 6 nitrogen and oxygen atoms in total. The molecule has 116 valence electrons. The van der Waals surface area contributed by atoms with E-state index in [1.54, 1.807) is 11.0 Å². The molecule has 0 saturated carbocycles. The Balaban J connectivity index is 1.89. The molecular formula is C15H17ClN4O2. The van der Waals surface area contributed by atoms with Crippen LogP contribution in [0.5, 0.6) is 5.75 Å². The summed E-state index contributed by atoms with van der Waals surface area (Å²) < 4.78 is 0. The van der Waals surface area contributed by atoms with E-state index >= 15 is 0 Å². The van der Waals surface area contributed by atoms with Gasteiger partial charge in [0.1, 0.15) is 11.6 Å². The standard InChI is InChI=1S/C15H17ClN4O2/c1-9-17-14(19-18-9)12-4-2-3-7-20(12)15(22)10-5-6-13(21)11(16)8-10/h5-6,8,12,21H,2-4,7H2,1H3,(H,17,18,19). The van der Waals surface area contributed by atoms with Crippen LogP contribution in [0, 0.1) is 6.92 Å². The first-order chi connectivity index (χ1) is 10.6. The lowest BCUT2D eigenvalue weighted by atomic mass is 10.00. The molecule has 22 heavy (non-hydrogen) atoms. The van der Waals surface area contributed by atoms with Gasteiger partial charge < -0.3 is 10.0 Å². The van der Waals surface area contributed by atoms with Gasteiger partial charge in [-0.2, -0.15) is 5.10 Å². The van der Waals surface area contributed by atoms with Gasteiger partial charge in [-0.3, -0.25) is 9.89 Å². The number of carbonyl (C=O) groups excluding carboxylic acids is 1. The number of halogens is 1. The van der Waals surface area contributed by atoms with Crippen LogP contribution in [0.3, 0.4) is 0 Å². The molecule has 1 aromatic carbocycles. The van der Waals surface area contributed by atoms with E-state index in [0.717, 1.165) is 25.1 Å². The first kappa shape index (κ1) is 14.8. The van der Waals surface area contributed by atoms with Gasteiger partial charge in [-0.1, -0.05) is 11.6 Å². The van der Waals surface area contributed by atoms with E-state index in [1.165, 1.54) is 12.1 Å². The van der Waals surface area contributed by atoms with Crippen LogP contribution in [-0.2, 0) is 0 Å². The fourth-order valence-corrected chi connectivity index (χ4v) is 2.94. The van der Waals surface area contributed by atoms with Gasteiger partial charge in [-0.25, -0.2) is 4.98 Å². The van der Waals surface area contributed by atoms with Crippen molar-refractivity contribution in [2.45, 2.75) is 32.2 Å². The second-order valence-corrected chi connectivity index (χ2v) is 5.86. The Bertz CT molecular complexity index is 701. The maximum atomic E-state index is 12.8. The van der Waals surface area contributed by atoms with Crippen LogP contribution < -0.4 is 0 Å². The number of likely N-dealkylation sites (tertiary alicyclic amines) is 1. The zero-order valence-electron chi connectivity index (χ0n) is 12.2. The van der Waals surface area contributed by atoms with Crippen molar-refractivity contribution in [1.29, 1.82) is 0 Å². The van der Waals surface area contributed by atoms with Crippen LogP contribution >= 0.6 is 11.6 Å². The maximum absolute atomic E-state index is 12.8. The van der Waals surface area contributed by atoms with Gasteiger partial charge in [0.25, 0.3) is 5.91 Å². The largest absolute Gasteiger partial charge is 0.506 e. The second kappa shape index (κ2) is 5.96. The normalized spacial score (nSPS) is 18.5. The molecule has 1 aliphatic heterocycles. The molecule has 7 heteroatoms. The number of benzene rings is 1. The van der Waals surface area contributed by atoms with E-state index in [2.05, 4.69) is 15.2 Å². The van der Waals surface area contributed by atoms with Gasteiger partial charge >= 0.3 is 0 Å². The number of amides is 1. The molecule has 0 aliphatic carbocycles. The Kier molecular flexibility index (Phi) is 4.02. The van der Waals surface area contributed by atoms with Gasteiger partial charge in [0.05, 0.1) is 11.1 Å². The van der Waals surface area contributed by atoms with Crippen molar-refractivity contribution in [2.24, 2.45) is 0 Å². The molecule has 2 heterocycles. The van der Waals surface area contributed by atoms with Crippen molar-refractivity contribution in [2.75, 3.05) is 6.54 Å². The maximum Gasteiger partial charge on any atom is 0.254 e. The number of aromatic hydroxyl groups is 1. The predicted octanol–water partition coefficient (Wildman–Crippen LogP) is 2.84. The van der Waals surface area contributed by atoms with Crippen molar-refractivity contribution < 1.29 is 9.90 Å². The molecule has 0 spiro atoms. The summed E-state index contributed by atoms with van der Waals surface area (Å²) in [5.74, 6) is 1.24. The van der Waals surface area contributed by atoms with Crippen molar-refractivity contribution >= 4 is 17.5 Å². The molecule has 0 radical (unpaired) electrons. The number of carbonyl (C=O) groups is 1. The summed E-state index contributed by atoms with van der Waals surface area (Å²) in [6.45, 7) is 2.50. The molecule has 1 saturated heterocycles. The number of H-pyrrole nitrogens is 1. The summed E-state index contributed by atoms with van der Waals surface area (Å²) >= 11 is 5.90. The molecule has 2 N–H and O–H groups in total. The van der Waals surface area contributed by atoms with E-state index < -0.39 is 0 Å². The molecule has 1 fully saturated rings. The lowest BCUT2D eigenvalue weighted by Crippen LogP contribution is -2.39. The molecule has 1 unspecified atom stereocenters. The highest BCUT2D eigenvalue weighted by Crippen LogP contribution is 2.31. The van der Waals surface area contributed by atoms with E-state index in [1.807, 2.05) is 6.92 Å². The monoisotopic (exact) mass is 320 g/mol. The molecule has 1 aromatic heterocycles. The Hall–Kier alpha value is -2.08. The van der Waals surface area contributed by atoms with E-state index in [-0.39, 0.29) is 22.7 Å². The summed E-state index contributed by atoms with van der Waals surface area (Å²) in [7, 11) is 0. The van der Waals surface area contributed by atoms with Crippen LogP contribution in [0.1, 0.15) is 47.3 Å². The third-order valence-electron chi connectivity index (χ3n) is 3.87. The number of nitrogens with one attached hydrogen (secondary N) is 1. The molecule has 2 aromatic rings. The molecule has 3 rings (SSSR count). The predicted molar refractivity (Wildman–Crippen MR) is 81.9 cm³/mol. The minimum atomic E-state index is -0.126. The highest BCUT2D eigenvalue weighted by atomic mass is 35.5. The number of aromatic nitrogens is 3. The lowest BCUT2D eigenvalue weighted by Gasteiger charge is -2.34. The molecule has 1 aliphatic rings. The lowest BCUT2D eigenvalue weighted by molar-refractivity contribution is 0.0600. The number of phenols is 1. The van der Waals surface area contributed by atoms with Gasteiger partial charge in [0.2, 0.25) is 0 Å². The Labute approximate surface area is 133 Å². The van der Waals surface area contributed by atoms with E-state index in [4.69, 9.17) is 11.6 Å². The van der Waals surface area contributed by atoms with Crippen molar-refractivity contribution in [3.05, 3.63) is 40.4 Å². The quantitative estimate of drug-likeness (QED) is 0.891. The smallest absolute Gasteiger partial charge is 0.254 e. The van der Waals surface area contributed by atoms with Crippen LogP contribution in [0.25, 0.3) is 0 Å². The second-order valence-electron chi connectivity index (χ2n) is 5.46. The van der Waals surface area contributed by atoms with Crippen LogP contribution in [0.2, 0.25) is 5.02 Å². The fourth-order valence-electron chi connectivity index (χ4n) is 2.76. The number of piperidine rings is 1. The van der Waals surface area contributed by atoms with E-state index in [9.17, 15) is 9.90 Å². The van der Waals surface area contributed by atoms with Gasteiger partial charge in [0, 0.05) is 12.1 Å². The molecular weight excluding hydrogens is 304 g/mol. The number of rotatable bonds is 2. The summed E-state index contributed by atoms with van der Waals surface area (Å²) in [5, 5.41) is 16.7. The molecule has 1 atom stereocenters. The van der Waals surface area contributed by atoms with Crippen LogP contribution in [0.15, 0.2) is 18.2 Å². The van der Waals surface area contributed by atoms with Gasteiger partial charge in [-0.15, -0.1) is 0 Å². The van der Waals surface area contributed by atoms with E-state index in [0.29, 0.717) is 17.9 Å². The van der Waals surface area contributed by atoms with Crippen LogP contribution in [-0.4, -0.2) is 37.6 Å². The number of aromatic amines is 1. The number of hydrogen-bond acceptors (Lipinski definition) is 4. The minimum Gasteiger partial charge on any atom is -0.506 e. The first-order valence-corrected chi connectivity index (χ1v) is 7.62. The zero-order valence-corrected chi connectivity index (χ0v) is 13.0. The number of nitrogens with zero attached hydrogens (tertiary/aromatic N) is 3. The highest BCUT2D eigenvalue weighted by Gasteiger charge is 2.31. The Morgan fingerprint density at radius 3 is 2.95 bits per heavy atom. The third kappa shape index (κ3) is 2.78. The zero-order chi connectivity index (χ0) is 15.7. The first-order valence-electron chi connectivity index (χ1n) is 7.24. The number of hydrogen-bond donors (Lipinski definition) is 2. The Morgan fingerprint density at radius 1 is 1.45 bits per heavy atom. The summed E-state index contributed by atoms with van der Waals surface area (Å²) in [4.78, 5) is 18.9. The topological polar surface area (TPSA) is 82.1 Å². The average Bonchev–Trinajstić information content (AvgIpc) is 2.96. The number of aryl methyl sites for hydroxylation is 1. The number of phenolic OH excluding ortho intramolecular Hbond substituents is 1. The van der Waals surface area contributed by atoms with Crippen LogP contribution in [0.4, 0.5) is 0 Å². The third-order valence-corrected chi connectivity index (χ3v) is 4.17. The average molecular weight is 321 g/mol.